The molecule has 5 nitrogen and oxygen atoms in total. The Balaban J connectivity index is 1.63. The van der Waals surface area contributed by atoms with E-state index in [9.17, 15) is 9.59 Å². The Morgan fingerprint density at radius 2 is 1.81 bits per heavy atom. The zero-order valence-electron chi connectivity index (χ0n) is 15.1. The Hall–Kier alpha value is -3.08. The number of para-hydroxylation sites is 2. The lowest BCUT2D eigenvalue weighted by molar-refractivity contribution is -0.132. The van der Waals surface area contributed by atoms with Gasteiger partial charge in [0.1, 0.15) is 0 Å². The molecule has 0 atom stereocenters. The van der Waals surface area contributed by atoms with Crippen molar-refractivity contribution in [3.63, 3.8) is 0 Å². The first-order chi connectivity index (χ1) is 12.5. The summed E-state index contributed by atoms with van der Waals surface area (Å²) in [4.78, 5) is 29.1. The Morgan fingerprint density at radius 1 is 1.08 bits per heavy atom. The number of aromatic amines is 1. The minimum Gasteiger partial charge on any atom is -0.361 e. The van der Waals surface area contributed by atoms with Gasteiger partial charge in [0.25, 0.3) is 0 Å². The van der Waals surface area contributed by atoms with E-state index in [4.69, 9.17) is 0 Å². The number of carbonyl (C=O) groups excluding carboxylic acids is 2. The van der Waals surface area contributed by atoms with Gasteiger partial charge in [-0.15, -0.1) is 0 Å². The van der Waals surface area contributed by atoms with Crippen LogP contribution in [0.4, 0.5) is 5.69 Å². The van der Waals surface area contributed by atoms with Crippen molar-refractivity contribution in [2.75, 3.05) is 18.4 Å². The SMILES string of the molecule is CC(=O)N(CCc1c[nH]c2ccccc12)CC(=O)Nc1ccccc1C. The average Bonchev–Trinajstić information content (AvgIpc) is 3.03. The van der Waals surface area contributed by atoms with Crippen molar-refractivity contribution in [3.8, 4) is 0 Å². The molecule has 3 aromatic rings. The predicted octanol–water partition coefficient (Wildman–Crippen LogP) is 3.51. The van der Waals surface area contributed by atoms with Crippen molar-refractivity contribution in [2.24, 2.45) is 0 Å². The van der Waals surface area contributed by atoms with Crippen LogP contribution in [0.2, 0.25) is 0 Å². The van der Waals surface area contributed by atoms with E-state index in [0.29, 0.717) is 13.0 Å². The molecule has 1 aromatic heterocycles. The highest BCUT2D eigenvalue weighted by atomic mass is 16.2. The summed E-state index contributed by atoms with van der Waals surface area (Å²) in [6.45, 7) is 3.98. The Kier molecular flexibility index (Phi) is 5.37. The van der Waals surface area contributed by atoms with E-state index >= 15 is 0 Å². The summed E-state index contributed by atoms with van der Waals surface area (Å²) in [7, 11) is 0. The first kappa shape index (κ1) is 17.7. The number of carbonyl (C=O) groups is 2. The summed E-state index contributed by atoms with van der Waals surface area (Å²) in [6, 6.07) is 15.7. The molecule has 3 rings (SSSR count). The zero-order valence-corrected chi connectivity index (χ0v) is 15.1. The highest BCUT2D eigenvalue weighted by Crippen LogP contribution is 2.18. The third-order valence-corrected chi connectivity index (χ3v) is 4.52. The van der Waals surface area contributed by atoms with E-state index < -0.39 is 0 Å². The number of fused-ring (bicyclic) bond motifs is 1. The summed E-state index contributed by atoms with van der Waals surface area (Å²) in [5.74, 6) is -0.293. The van der Waals surface area contributed by atoms with E-state index in [1.165, 1.54) is 6.92 Å². The fourth-order valence-electron chi connectivity index (χ4n) is 3.02. The number of anilines is 1. The van der Waals surface area contributed by atoms with Crippen molar-refractivity contribution >= 4 is 28.4 Å². The molecule has 26 heavy (non-hydrogen) atoms. The lowest BCUT2D eigenvalue weighted by Gasteiger charge is -2.20. The molecule has 0 saturated carbocycles. The van der Waals surface area contributed by atoms with Gasteiger partial charge in [0.2, 0.25) is 11.8 Å². The van der Waals surface area contributed by atoms with Crippen molar-refractivity contribution < 1.29 is 9.59 Å². The Labute approximate surface area is 153 Å². The molecular formula is C21H23N3O2. The van der Waals surface area contributed by atoms with Gasteiger partial charge in [-0.2, -0.15) is 0 Å². The van der Waals surface area contributed by atoms with Crippen molar-refractivity contribution in [2.45, 2.75) is 20.3 Å². The number of aryl methyl sites for hydroxylation is 1. The van der Waals surface area contributed by atoms with Gasteiger partial charge in [0.05, 0.1) is 6.54 Å². The summed E-state index contributed by atoms with van der Waals surface area (Å²) in [6.07, 6.45) is 2.66. The highest BCUT2D eigenvalue weighted by Gasteiger charge is 2.15. The first-order valence-electron chi connectivity index (χ1n) is 8.70. The van der Waals surface area contributed by atoms with Crippen LogP contribution < -0.4 is 5.32 Å². The van der Waals surface area contributed by atoms with E-state index in [-0.39, 0.29) is 18.4 Å². The number of rotatable bonds is 6. The molecule has 2 amide bonds. The van der Waals surface area contributed by atoms with Crippen LogP contribution in [0.3, 0.4) is 0 Å². The largest absolute Gasteiger partial charge is 0.361 e. The van der Waals surface area contributed by atoms with Crippen LogP contribution in [0.25, 0.3) is 10.9 Å². The Bertz CT molecular complexity index is 930. The molecule has 0 aliphatic rings. The predicted molar refractivity (Wildman–Crippen MR) is 104 cm³/mol. The molecule has 0 aliphatic heterocycles. The number of nitrogens with zero attached hydrogens (tertiary/aromatic N) is 1. The van der Waals surface area contributed by atoms with Crippen LogP contribution in [0, 0.1) is 6.92 Å². The highest BCUT2D eigenvalue weighted by molar-refractivity contribution is 5.94. The maximum Gasteiger partial charge on any atom is 0.244 e. The third kappa shape index (κ3) is 4.11. The molecule has 2 N–H and O–H groups in total. The summed E-state index contributed by atoms with van der Waals surface area (Å²) >= 11 is 0. The van der Waals surface area contributed by atoms with Gasteiger partial charge in [-0.3, -0.25) is 9.59 Å². The van der Waals surface area contributed by atoms with Gasteiger partial charge in [-0.1, -0.05) is 36.4 Å². The molecular weight excluding hydrogens is 326 g/mol. The maximum absolute atomic E-state index is 12.3. The van der Waals surface area contributed by atoms with Gasteiger partial charge in [0, 0.05) is 36.3 Å². The maximum atomic E-state index is 12.3. The minimum absolute atomic E-state index is 0.0476. The average molecular weight is 349 g/mol. The van der Waals surface area contributed by atoms with Crippen LogP contribution in [-0.4, -0.2) is 34.8 Å². The molecule has 5 heteroatoms. The van der Waals surface area contributed by atoms with E-state index in [1.54, 1.807) is 4.90 Å². The summed E-state index contributed by atoms with van der Waals surface area (Å²) in [5.41, 5.74) is 3.99. The molecule has 0 bridgehead atoms. The van der Waals surface area contributed by atoms with Gasteiger partial charge >= 0.3 is 0 Å². The molecule has 0 aliphatic carbocycles. The Morgan fingerprint density at radius 3 is 2.58 bits per heavy atom. The molecule has 0 saturated heterocycles. The van der Waals surface area contributed by atoms with Crippen LogP contribution in [0.5, 0.6) is 0 Å². The zero-order chi connectivity index (χ0) is 18.5. The number of amides is 2. The summed E-state index contributed by atoms with van der Waals surface area (Å²) < 4.78 is 0. The number of hydrogen-bond donors (Lipinski definition) is 2. The van der Waals surface area contributed by atoms with Gasteiger partial charge in [-0.25, -0.2) is 0 Å². The topological polar surface area (TPSA) is 65.2 Å². The fraction of sp³-hybridized carbons (Fsp3) is 0.238. The number of H-pyrrole nitrogens is 1. The van der Waals surface area contributed by atoms with Crippen LogP contribution >= 0.6 is 0 Å². The van der Waals surface area contributed by atoms with Crippen LogP contribution in [-0.2, 0) is 16.0 Å². The fourth-order valence-corrected chi connectivity index (χ4v) is 3.02. The lowest BCUT2D eigenvalue weighted by atomic mass is 10.1. The van der Waals surface area contributed by atoms with Gasteiger partial charge < -0.3 is 15.2 Å². The third-order valence-electron chi connectivity index (χ3n) is 4.52. The lowest BCUT2D eigenvalue weighted by Crippen LogP contribution is -2.38. The first-order valence-corrected chi connectivity index (χ1v) is 8.70. The van der Waals surface area contributed by atoms with E-state index in [2.05, 4.69) is 16.4 Å². The molecule has 0 unspecified atom stereocenters. The summed E-state index contributed by atoms with van der Waals surface area (Å²) in [5, 5.41) is 4.03. The second-order valence-electron chi connectivity index (χ2n) is 6.41. The van der Waals surface area contributed by atoms with Crippen LogP contribution in [0.15, 0.2) is 54.7 Å². The van der Waals surface area contributed by atoms with Crippen molar-refractivity contribution in [1.82, 2.24) is 9.88 Å². The van der Waals surface area contributed by atoms with E-state index in [0.717, 1.165) is 27.7 Å². The molecule has 0 radical (unpaired) electrons. The smallest absolute Gasteiger partial charge is 0.244 e. The van der Waals surface area contributed by atoms with Gasteiger partial charge in [-0.05, 0) is 36.6 Å². The van der Waals surface area contributed by atoms with Crippen molar-refractivity contribution in [1.29, 1.82) is 0 Å². The number of benzene rings is 2. The quantitative estimate of drug-likeness (QED) is 0.715. The number of nitrogens with one attached hydrogen (secondary N) is 2. The molecule has 134 valence electrons. The number of hydrogen-bond acceptors (Lipinski definition) is 2. The molecule has 0 fully saturated rings. The molecule has 2 aromatic carbocycles. The molecule has 1 heterocycles. The normalized spacial score (nSPS) is 10.7. The van der Waals surface area contributed by atoms with Crippen molar-refractivity contribution in [3.05, 3.63) is 65.9 Å². The second kappa shape index (κ2) is 7.87. The number of aromatic nitrogens is 1. The second-order valence-corrected chi connectivity index (χ2v) is 6.41. The van der Waals surface area contributed by atoms with Crippen LogP contribution in [0.1, 0.15) is 18.1 Å². The standard InChI is InChI=1S/C21H23N3O2/c1-15-7-3-5-9-19(15)23-21(26)14-24(16(2)25)12-11-17-13-22-20-10-6-4-8-18(17)20/h3-10,13,22H,11-12,14H2,1-2H3,(H,23,26). The van der Waals surface area contributed by atoms with E-state index in [1.807, 2.05) is 55.6 Å². The monoisotopic (exact) mass is 349 g/mol. The van der Waals surface area contributed by atoms with Gasteiger partial charge in [0.15, 0.2) is 0 Å². The minimum atomic E-state index is -0.187. The molecule has 0 spiro atoms.